The lowest BCUT2D eigenvalue weighted by molar-refractivity contribution is -0.147. The fourth-order valence-corrected chi connectivity index (χ4v) is 5.05. The third-order valence-corrected chi connectivity index (χ3v) is 6.50. The summed E-state index contributed by atoms with van der Waals surface area (Å²) >= 11 is -1.29. The maximum atomic E-state index is 13.0. The molecule has 29 heavy (non-hydrogen) atoms. The number of H-pyrrole nitrogens is 1. The molecule has 1 aliphatic heterocycles. The Kier molecular flexibility index (Phi) is 5.78. The van der Waals surface area contributed by atoms with Crippen molar-refractivity contribution >= 4 is 33.9 Å². The fraction of sp³-hybridized carbons (Fsp3) is 0.364. The SMILES string of the molecule is CCOC(=O)C1Cc2cccc(C[S+]([O-])c3nc4ccccc4[nH]3)c2N(CC)C1. The highest BCUT2D eigenvalue weighted by molar-refractivity contribution is 7.90. The number of hydrogen-bond acceptors (Lipinski definition) is 5. The molecule has 7 heteroatoms. The monoisotopic (exact) mass is 411 g/mol. The van der Waals surface area contributed by atoms with Crippen LogP contribution < -0.4 is 4.90 Å². The molecule has 3 aromatic rings. The molecule has 6 nitrogen and oxygen atoms in total. The highest BCUT2D eigenvalue weighted by Crippen LogP contribution is 2.35. The van der Waals surface area contributed by atoms with Gasteiger partial charge in [0.15, 0.2) is 0 Å². The molecule has 0 radical (unpaired) electrons. The molecule has 152 valence electrons. The number of para-hydroxylation sites is 3. The van der Waals surface area contributed by atoms with Crippen LogP contribution in [0.3, 0.4) is 0 Å². The first-order valence-corrected chi connectivity index (χ1v) is 11.3. The molecule has 0 bridgehead atoms. The van der Waals surface area contributed by atoms with Crippen molar-refractivity contribution in [3.8, 4) is 0 Å². The number of carbonyl (C=O) groups is 1. The van der Waals surface area contributed by atoms with Gasteiger partial charge in [-0.15, -0.1) is 0 Å². The normalized spacial score (nSPS) is 17.2. The summed E-state index contributed by atoms with van der Waals surface area (Å²) < 4.78 is 18.3. The number of ether oxygens (including phenoxy) is 1. The zero-order valence-electron chi connectivity index (χ0n) is 16.7. The second-order valence-electron chi connectivity index (χ2n) is 7.17. The van der Waals surface area contributed by atoms with Gasteiger partial charge >= 0.3 is 11.1 Å². The number of hydrogen-bond donors (Lipinski definition) is 1. The van der Waals surface area contributed by atoms with Crippen LogP contribution in [0.2, 0.25) is 0 Å². The Morgan fingerprint density at radius 2 is 2.10 bits per heavy atom. The lowest BCUT2D eigenvalue weighted by Crippen LogP contribution is -2.40. The Morgan fingerprint density at radius 3 is 2.86 bits per heavy atom. The van der Waals surface area contributed by atoms with Gasteiger partial charge in [-0.3, -0.25) is 9.78 Å². The van der Waals surface area contributed by atoms with Crippen molar-refractivity contribution in [3.05, 3.63) is 53.6 Å². The predicted octanol–water partition coefficient (Wildman–Crippen LogP) is 3.43. The van der Waals surface area contributed by atoms with Crippen LogP contribution in [-0.4, -0.2) is 40.2 Å². The molecule has 1 aromatic heterocycles. The Hall–Kier alpha value is -2.51. The van der Waals surface area contributed by atoms with E-state index in [2.05, 4.69) is 27.9 Å². The first-order chi connectivity index (χ1) is 14.1. The van der Waals surface area contributed by atoms with Gasteiger partial charge in [-0.1, -0.05) is 30.3 Å². The van der Waals surface area contributed by atoms with E-state index >= 15 is 0 Å². The number of fused-ring (bicyclic) bond motifs is 2. The largest absolute Gasteiger partial charge is 0.609 e. The molecular weight excluding hydrogens is 386 g/mol. The number of esters is 1. The van der Waals surface area contributed by atoms with Crippen LogP contribution in [0.15, 0.2) is 47.6 Å². The fourth-order valence-electron chi connectivity index (χ4n) is 3.97. The molecule has 0 amide bonds. The van der Waals surface area contributed by atoms with Gasteiger partial charge in [-0.2, -0.15) is 4.98 Å². The smallest absolute Gasteiger partial charge is 0.321 e. The first-order valence-electron chi connectivity index (χ1n) is 9.96. The van der Waals surface area contributed by atoms with Gasteiger partial charge < -0.3 is 14.2 Å². The number of aromatic amines is 1. The Labute approximate surface area is 173 Å². The summed E-state index contributed by atoms with van der Waals surface area (Å²) in [6.07, 6.45) is 0.649. The summed E-state index contributed by atoms with van der Waals surface area (Å²) in [7, 11) is 0. The van der Waals surface area contributed by atoms with Crippen molar-refractivity contribution in [2.75, 3.05) is 24.6 Å². The standard InChI is InChI=1S/C22H25N3O3S/c1-3-25-13-17(21(26)28-4-2)12-15-8-7-9-16(20(15)25)14-29(27)22-23-18-10-5-6-11-19(18)24-22/h5-11,17H,3-4,12-14H2,1-2H3,(H,23,24). The van der Waals surface area contributed by atoms with Gasteiger partial charge in [-0.25, -0.2) is 0 Å². The van der Waals surface area contributed by atoms with E-state index in [1.807, 2.05) is 43.3 Å². The minimum Gasteiger partial charge on any atom is -0.609 e. The molecule has 1 aliphatic rings. The summed E-state index contributed by atoms with van der Waals surface area (Å²) in [4.78, 5) is 22.1. The number of anilines is 1. The predicted molar refractivity (Wildman–Crippen MR) is 114 cm³/mol. The summed E-state index contributed by atoms with van der Waals surface area (Å²) in [5.74, 6) is 0.0650. The lowest BCUT2D eigenvalue weighted by Gasteiger charge is -2.36. The molecule has 4 rings (SSSR count). The molecule has 0 saturated heterocycles. The topological polar surface area (TPSA) is 81.3 Å². The van der Waals surface area contributed by atoms with Crippen LogP contribution in [0.5, 0.6) is 0 Å². The number of imidazole rings is 1. The van der Waals surface area contributed by atoms with E-state index in [0.717, 1.165) is 34.4 Å². The average molecular weight is 412 g/mol. The van der Waals surface area contributed by atoms with Crippen LogP contribution in [0.4, 0.5) is 5.69 Å². The van der Waals surface area contributed by atoms with Gasteiger partial charge in [0.05, 0.1) is 23.6 Å². The van der Waals surface area contributed by atoms with E-state index < -0.39 is 11.2 Å². The second kappa shape index (κ2) is 8.47. The summed E-state index contributed by atoms with van der Waals surface area (Å²) in [6, 6.07) is 13.7. The molecule has 0 saturated carbocycles. The molecule has 0 spiro atoms. The van der Waals surface area contributed by atoms with Gasteiger partial charge in [0, 0.05) is 35.5 Å². The van der Waals surface area contributed by atoms with E-state index in [0.29, 0.717) is 30.5 Å². The highest BCUT2D eigenvalue weighted by Gasteiger charge is 2.32. The number of nitrogens with one attached hydrogen (secondary N) is 1. The molecular formula is C22H25N3O3S. The molecule has 0 fully saturated rings. The van der Waals surface area contributed by atoms with Crippen molar-refractivity contribution < 1.29 is 14.1 Å². The summed E-state index contributed by atoms with van der Waals surface area (Å²) in [5, 5.41) is 0.493. The first kappa shape index (κ1) is 19.8. The Balaban J connectivity index is 1.61. The molecule has 2 aromatic carbocycles. The molecule has 2 atom stereocenters. The zero-order chi connectivity index (χ0) is 20.4. The maximum absolute atomic E-state index is 13.0. The number of nitrogens with zero attached hydrogens (tertiary/aromatic N) is 2. The van der Waals surface area contributed by atoms with E-state index in [-0.39, 0.29) is 11.9 Å². The van der Waals surface area contributed by atoms with E-state index in [1.165, 1.54) is 0 Å². The molecule has 1 N–H and O–H groups in total. The van der Waals surface area contributed by atoms with E-state index in [9.17, 15) is 9.35 Å². The van der Waals surface area contributed by atoms with Gasteiger partial charge in [0.2, 0.25) is 0 Å². The molecule has 2 unspecified atom stereocenters. The van der Waals surface area contributed by atoms with Crippen molar-refractivity contribution in [3.63, 3.8) is 0 Å². The minimum atomic E-state index is -1.29. The van der Waals surface area contributed by atoms with Crippen LogP contribution in [0.1, 0.15) is 25.0 Å². The maximum Gasteiger partial charge on any atom is 0.321 e. The third-order valence-electron chi connectivity index (χ3n) is 5.30. The van der Waals surface area contributed by atoms with Gasteiger partial charge in [0.1, 0.15) is 5.75 Å². The lowest BCUT2D eigenvalue weighted by atomic mass is 9.90. The van der Waals surface area contributed by atoms with E-state index in [4.69, 9.17) is 4.74 Å². The second-order valence-corrected chi connectivity index (χ2v) is 8.53. The van der Waals surface area contributed by atoms with Crippen molar-refractivity contribution in [2.45, 2.75) is 31.2 Å². The Bertz CT molecular complexity index is 986. The number of rotatable bonds is 6. The zero-order valence-corrected chi connectivity index (χ0v) is 17.5. The minimum absolute atomic E-state index is 0.146. The number of benzene rings is 2. The van der Waals surface area contributed by atoms with Crippen molar-refractivity contribution in [1.82, 2.24) is 9.97 Å². The van der Waals surface area contributed by atoms with Crippen LogP contribution in [0.25, 0.3) is 11.0 Å². The third kappa shape index (κ3) is 3.97. The van der Waals surface area contributed by atoms with E-state index in [1.54, 1.807) is 0 Å². The highest BCUT2D eigenvalue weighted by atomic mass is 32.2. The summed E-state index contributed by atoms with van der Waals surface area (Å²) in [6.45, 7) is 5.70. The number of aromatic nitrogens is 2. The van der Waals surface area contributed by atoms with Gasteiger partial charge in [0.25, 0.3) is 0 Å². The molecule has 0 aliphatic carbocycles. The summed E-state index contributed by atoms with van der Waals surface area (Å²) in [5.41, 5.74) is 4.93. The average Bonchev–Trinajstić information content (AvgIpc) is 3.17. The quantitative estimate of drug-likeness (QED) is 0.496. The Morgan fingerprint density at radius 1 is 1.28 bits per heavy atom. The van der Waals surface area contributed by atoms with Crippen molar-refractivity contribution in [1.29, 1.82) is 0 Å². The van der Waals surface area contributed by atoms with Crippen LogP contribution in [0, 0.1) is 5.92 Å². The number of carbonyl (C=O) groups excluding carboxylic acids is 1. The van der Waals surface area contributed by atoms with Crippen LogP contribution in [-0.2, 0) is 32.9 Å². The van der Waals surface area contributed by atoms with Crippen LogP contribution >= 0.6 is 0 Å². The molecule has 2 heterocycles. The van der Waals surface area contributed by atoms with Crippen molar-refractivity contribution in [2.24, 2.45) is 5.92 Å². The van der Waals surface area contributed by atoms with Gasteiger partial charge in [-0.05, 0) is 38.0 Å².